The van der Waals surface area contributed by atoms with Crippen molar-refractivity contribution in [1.82, 2.24) is 25.0 Å². The summed E-state index contributed by atoms with van der Waals surface area (Å²) in [6, 6.07) is 7.48. The predicted octanol–water partition coefficient (Wildman–Crippen LogP) is 1.06. The number of hydrogen-bond donors (Lipinski definition) is 2. The summed E-state index contributed by atoms with van der Waals surface area (Å²) in [5, 5.41) is 16.8. The fraction of sp³-hybridized carbons (Fsp3) is 0.389. The van der Waals surface area contributed by atoms with E-state index in [1.165, 1.54) is 0 Å². The zero-order chi connectivity index (χ0) is 18.1. The minimum Gasteiger partial charge on any atom is -0.439 e. The van der Waals surface area contributed by atoms with Gasteiger partial charge in [-0.25, -0.2) is 4.98 Å². The van der Waals surface area contributed by atoms with Gasteiger partial charge in [0.05, 0.1) is 12.6 Å². The Kier molecular flexibility index (Phi) is 4.44. The number of benzene rings is 1. The molecule has 2 aromatic heterocycles. The van der Waals surface area contributed by atoms with Gasteiger partial charge in [0.1, 0.15) is 5.52 Å². The molecule has 136 valence electrons. The van der Waals surface area contributed by atoms with Crippen LogP contribution < -0.4 is 5.32 Å². The fourth-order valence-electron chi connectivity index (χ4n) is 3.28. The van der Waals surface area contributed by atoms with E-state index in [0.29, 0.717) is 30.3 Å². The molecule has 1 atom stereocenters. The highest BCUT2D eigenvalue weighted by molar-refractivity contribution is 5.93. The van der Waals surface area contributed by atoms with Gasteiger partial charge in [-0.1, -0.05) is 12.1 Å². The van der Waals surface area contributed by atoms with Crippen molar-refractivity contribution in [3.8, 4) is 0 Å². The van der Waals surface area contributed by atoms with Crippen LogP contribution in [0.3, 0.4) is 0 Å². The van der Waals surface area contributed by atoms with Crippen molar-refractivity contribution >= 4 is 17.0 Å². The Balaban J connectivity index is 1.44. The zero-order valence-corrected chi connectivity index (χ0v) is 14.6. The molecule has 0 spiro atoms. The second-order valence-electron chi connectivity index (χ2n) is 6.61. The van der Waals surface area contributed by atoms with Gasteiger partial charge in [0.2, 0.25) is 5.89 Å². The number of aliphatic hydroxyl groups excluding tert-OH is 1. The second-order valence-corrected chi connectivity index (χ2v) is 6.61. The molecular weight excluding hydrogens is 334 g/mol. The minimum atomic E-state index is -0.289. The van der Waals surface area contributed by atoms with E-state index < -0.39 is 0 Å². The Morgan fingerprint density at radius 1 is 1.42 bits per heavy atom. The summed E-state index contributed by atoms with van der Waals surface area (Å²) in [6.07, 6.45) is 2.32. The summed E-state index contributed by atoms with van der Waals surface area (Å²) in [6.45, 7) is 2.24. The molecule has 0 bridgehead atoms. The highest BCUT2D eigenvalue weighted by atomic mass is 16.3. The van der Waals surface area contributed by atoms with Crippen LogP contribution in [0.15, 0.2) is 34.9 Å². The largest absolute Gasteiger partial charge is 0.439 e. The lowest BCUT2D eigenvalue weighted by Gasteiger charge is -2.14. The predicted molar refractivity (Wildman–Crippen MR) is 94.3 cm³/mol. The Bertz CT molecular complexity index is 899. The first-order valence-corrected chi connectivity index (χ1v) is 8.64. The highest BCUT2D eigenvalue weighted by Gasteiger charge is 2.24. The monoisotopic (exact) mass is 355 g/mol. The smallest absolute Gasteiger partial charge is 0.272 e. The highest BCUT2D eigenvalue weighted by Crippen LogP contribution is 2.17. The normalized spacial score (nSPS) is 17.8. The molecule has 4 rings (SSSR count). The molecule has 1 fully saturated rings. The number of amides is 1. The minimum absolute atomic E-state index is 0.200. The molecule has 26 heavy (non-hydrogen) atoms. The number of para-hydroxylation sites is 2. The number of aromatic nitrogens is 3. The summed E-state index contributed by atoms with van der Waals surface area (Å²) in [7, 11) is 1.79. The number of aryl methyl sites for hydroxylation is 1. The van der Waals surface area contributed by atoms with Gasteiger partial charge in [0.25, 0.3) is 5.91 Å². The second kappa shape index (κ2) is 6.89. The summed E-state index contributed by atoms with van der Waals surface area (Å²) in [5.74, 6) is 0.197. The molecule has 1 aliphatic heterocycles. The van der Waals surface area contributed by atoms with Crippen LogP contribution in [0.1, 0.15) is 28.4 Å². The van der Waals surface area contributed by atoms with E-state index in [9.17, 15) is 9.90 Å². The van der Waals surface area contributed by atoms with Crippen molar-refractivity contribution in [2.24, 2.45) is 7.05 Å². The van der Waals surface area contributed by atoms with Crippen LogP contribution in [-0.4, -0.2) is 49.9 Å². The number of oxazole rings is 1. The van der Waals surface area contributed by atoms with E-state index in [0.717, 1.165) is 24.0 Å². The molecule has 3 heterocycles. The molecule has 0 radical (unpaired) electrons. The van der Waals surface area contributed by atoms with Gasteiger partial charge in [-0.05, 0) is 18.6 Å². The first kappa shape index (κ1) is 16.7. The third-order valence-electron chi connectivity index (χ3n) is 4.50. The van der Waals surface area contributed by atoms with Crippen LogP contribution in [0.25, 0.3) is 11.1 Å². The molecule has 0 aliphatic carbocycles. The molecular formula is C18H21N5O3. The Morgan fingerprint density at radius 3 is 3.04 bits per heavy atom. The number of nitrogens with one attached hydrogen (secondary N) is 1. The first-order chi connectivity index (χ1) is 12.6. The van der Waals surface area contributed by atoms with Crippen LogP contribution in [0.5, 0.6) is 0 Å². The van der Waals surface area contributed by atoms with Crippen LogP contribution in [-0.2, 0) is 20.1 Å². The van der Waals surface area contributed by atoms with Gasteiger partial charge < -0.3 is 14.8 Å². The standard InChI is InChI=1S/C18H21N5O3/c1-22-9-12(10-23-7-6-13(24)11-23)17(21-22)18(25)19-8-16-20-14-4-2-3-5-15(14)26-16/h2-5,9,13,24H,6-8,10-11H2,1H3,(H,19,25). The number of carbonyl (C=O) groups excluding carboxylic acids is 1. The van der Waals surface area contributed by atoms with E-state index in [1.54, 1.807) is 11.7 Å². The summed E-state index contributed by atoms with van der Waals surface area (Å²) < 4.78 is 7.26. The van der Waals surface area contributed by atoms with Crippen molar-refractivity contribution in [2.75, 3.05) is 13.1 Å². The molecule has 2 N–H and O–H groups in total. The van der Waals surface area contributed by atoms with Crippen molar-refractivity contribution in [2.45, 2.75) is 25.6 Å². The lowest BCUT2D eigenvalue weighted by molar-refractivity contribution is 0.0940. The van der Waals surface area contributed by atoms with E-state index >= 15 is 0 Å². The maximum absolute atomic E-state index is 12.6. The van der Waals surface area contributed by atoms with Gasteiger partial charge in [-0.3, -0.25) is 14.4 Å². The SMILES string of the molecule is Cn1cc(CN2CCC(O)C2)c(C(=O)NCc2nc3ccccc3o2)n1. The first-order valence-electron chi connectivity index (χ1n) is 8.64. The molecule has 8 nitrogen and oxygen atoms in total. The van der Waals surface area contributed by atoms with Crippen molar-refractivity contribution in [3.63, 3.8) is 0 Å². The number of rotatable bonds is 5. The lowest BCUT2D eigenvalue weighted by atomic mass is 10.2. The van der Waals surface area contributed by atoms with Gasteiger partial charge in [0.15, 0.2) is 11.3 Å². The molecule has 3 aromatic rings. The quantitative estimate of drug-likeness (QED) is 0.710. The van der Waals surface area contributed by atoms with Crippen LogP contribution in [0.2, 0.25) is 0 Å². The van der Waals surface area contributed by atoms with E-state index in [1.807, 2.05) is 30.5 Å². The molecule has 0 saturated carbocycles. The summed E-state index contributed by atoms with van der Waals surface area (Å²) >= 11 is 0. The lowest BCUT2D eigenvalue weighted by Crippen LogP contribution is -2.27. The average Bonchev–Trinajstić information content (AvgIpc) is 3.31. The van der Waals surface area contributed by atoms with Crippen LogP contribution in [0.4, 0.5) is 0 Å². The van der Waals surface area contributed by atoms with Crippen LogP contribution >= 0.6 is 0 Å². The van der Waals surface area contributed by atoms with Crippen molar-refractivity contribution in [3.05, 3.63) is 47.6 Å². The number of aliphatic hydroxyl groups is 1. The maximum Gasteiger partial charge on any atom is 0.272 e. The van der Waals surface area contributed by atoms with Gasteiger partial charge >= 0.3 is 0 Å². The van der Waals surface area contributed by atoms with E-state index in [-0.39, 0.29) is 18.6 Å². The Labute approximate surface area is 150 Å². The fourth-order valence-corrected chi connectivity index (χ4v) is 3.28. The third kappa shape index (κ3) is 3.47. The van der Waals surface area contributed by atoms with Gasteiger partial charge in [-0.2, -0.15) is 5.10 Å². The topological polar surface area (TPSA) is 96.4 Å². The number of fused-ring (bicyclic) bond motifs is 1. The molecule has 1 unspecified atom stereocenters. The molecule has 1 saturated heterocycles. The number of carbonyl (C=O) groups is 1. The van der Waals surface area contributed by atoms with Gasteiger partial charge in [-0.15, -0.1) is 0 Å². The molecule has 1 aliphatic rings. The Morgan fingerprint density at radius 2 is 2.27 bits per heavy atom. The van der Waals surface area contributed by atoms with Crippen molar-refractivity contribution in [1.29, 1.82) is 0 Å². The summed E-state index contributed by atoms with van der Waals surface area (Å²) in [4.78, 5) is 19.1. The van der Waals surface area contributed by atoms with Gasteiger partial charge in [0, 0.05) is 38.4 Å². The zero-order valence-electron chi connectivity index (χ0n) is 14.6. The number of nitrogens with zero attached hydrogens (tertiary/aromatic N) is 4. The Hall–Kier alpha value is -2.71. The molecule has 1 aromatic carbocycles. The molecule has 1 amide bonds. The number of β-amino-alcohol motifs (C(OH)–C–C–N with tert-alkyl or cyclic N) is 1. The van der Waals surface area contributed by atoms with E-state index in [2.05, 4.69) is 20.3 Å². The number of likely N-dealkylation sites (tertiary alicyclic amines) is 1. The average molecular weight is 355 g/mol. The molecule has 8 heteroatoms. The number of hydrogen-bond acceptors (Lipinski definition) is 6. The summed E-state index contributed by atoms with van der Waals surface area (Å²) in [5.41, 5.74) is 2.70. The van der Waals surface area contributed by atoms with Crippen molar-refractivity contribution < 1.29 is 14.3 Å². The maximum atomic E-state index is 12.6. The third-order valence-corrected chi connectivity index (χ3v) is 4.50. The van der Waals surface area contributed by atoms with E-state index in [4.69, 9.17) is 4.42 Å². The van der Waals surface area contributed by atoms with Crippen LogP contribution in [0, 0.1) is 0 Å².